The molecule has 0 spiro atoms. The number of carboxylic acid groups (broad SMARTS) is 1. The van der Waals surface area contributed by atoms with Crippen molar-refractivity contribution in [3.05, 3.63) is 0 Å². The van der Waals surface area contributed by atoms with Gasteiger partial charge < -0.3 is 10.0 Å². The van der Waals surface area contributed by atoms with Gasteiger partial charge in [-0.25, -0.2) is 0 Å². The zero-order valence-corrected chi connectivity index (χ0v) is 13.7. The van der Waals surface area contributed by atoms with Crippen molar-refractivity contribution in [2.24, 2.45) is 23.7 Å². The van der Waals surface area contributed by atoms with Crippen LogP contribution in [0.4, 0.5) is 0 Å². The van der Waals surface area contributed by atoms with E-state index in [1.807, 2.05) is 18.7 Å². The number of likely N-dealkylation sites (tertiary alicyclic amines) is 1. The van der Waals surface area contributed by atoms with Crippen molar-refractivity contribution in [3.63, 3.8) is 0 Å². The van der Waals surface area contributed by atoms with E-state index in [0.29, 0.717) is 18.3 Å². The number of carbonyl (C=O) groups is 2. The number of hydrogen-bond acceptors (Lipinski definition) is 2. The molecular weight excluding hydrogens is 266 g/mol. The zero-order chi connectivity index (χ0) is 15.7. The van der Waals surface area contributed by atoms with Crippen LogP contribution < -0.4 is 0 Å². The molecule has 5 unspecified atom stereocenters. The Bertz CT molecular complexity index is 407. The van der Waals surface area contributed by atoms with Crippen LogP contribution in [0, 0.1) is 23.7 Å². The van der Waals surface area contributed by atoms with Crippen molar-refractivity contribution >= 4 is 11.9 Å². The maximum absolute atomic E-state index is 12.6. The van der Waals surface area contributed by atoms with Gasteiger partial charge in [-0.2, -0.15) is 0 Å². The second-order valence-electron chi connectivity index (χ2n) is 7.35. The number of piperidine rings is 1. The van der Waals surface area contributed by atoms with Gasteiger partial charge in [-0.05, 0) is 37.5 Å². The maximum atomic E-state index is 12.6. The fraction of sp³-hybridized carbons (Fsp3) is 0.882. The molecule has 2 fully saturated rings. The highest BCUT2D eigenvalue weighted by Crippen LogP contribution is 2.39. The van der Waals surface area contributed by atoms with E-state index < -0.39 is 11.9 Å². The SMILES string of the molecule is CC(C)C1CCCCC1N1C(=O)CC(C)C(C(=O)O)C1C. The first-order chi connectivity index (χ1) is 9.84. The number of hydrogen-bond donors (Lipinski definition) is 1. The lowest BCUT2D eigenvalue weighted by Gasteiger charge is -2.49. The monoisotopic (exact) mass is 295 g/mol. The van der Waals surface area contributed by atoms with Gasteiger partial charge in [0.05, 0.1) is 5.92 Å². The van der Waals surface area contributed by atoms with Crippen LogP contribution in [-0.2, 0) is 9.59 Å². The minimum absolute atomic E-state index is 0.0673. The second kappa shape index (κ2) is 6.37. The molecule has 1 aliphatic carbocycles. The fourth-order valence-corrected chi connectivity index (χ4v) is 4.58. The van der Waals surface area contributed by atoms with E-state index >= 15 is 0 Å². The van der Waals surface area contributed by atoms with Crippen molar-refractivity contribution in [1.29, 1.82) is 0 Å². The quantitative estimate of drug-likeness (QED) is 0.870. The van der Waals surface area contributed by atoms with Gasteiger partial charge in [-0.1, -0.05) is 33.6 Å². The van der Waals surface area contributed by atoms with E-state index in [2.05, 4.69) is 13.8 Å². The number of aliphatic carboxylic acids is 1. The average Bonchev–Trinajstić information content (AvgIpc) is 2.37. The highest BCUT2D eigenvalue weighted by atomic mass is 16.4. The smallest absolute Gasteiger partial charge is 0.308 e. The molecule has 2 rings (SSSR count). The maximum Gasteiger partial charge on any atom is 0.308 e. The standard InChI is InChI=1S/C17H29NO3/c1-10(2)13-7-5-6-8-14(13)18-12(4)16(17(20)21)11(3)9-15(18)19/h10-14,16H,5-9H2,1-4H3,(H,20,21). The molecule has 4 nitrogen and oxygen atoms in total. The van der Waals surface area contributed by atoms with E-state index in [1.165, 1.54) is 6.42 Å². The van der Waals surface area contributed by atoms with Gasteiger partial charge in [0.25, 0.3) is 0 Å². The van der Waals surface area contributed by atoms with Crippen LogP contribution in [-0.4, -0.2) is 34.0 Å². The molecule has 0 aromatic heterocycles. The third-order valence-corrected chi connectivity index (χ3v) is 5.64. The predicted octanol–water partition coefficient (Wildman–Crippen LogP) is 3.16. The third-order valence-electron chi connectivity index (χ3n) is 5.64. The molecule has 0 aromatic carbocycles. The van der Waals surface area contributed by atoms with Crippen LogP contribution >= 0.6 is 0 Å². The van der Waals surface area contributed by atoms with E-state index in [4.69, 9.17) is 0 Å². The van der Waals surface area contributed by atoms with Gasteiger partial charge in [0, 0.05) is 18.5 Å². The molecule has 1 saturated heterocycles. The van der Waals surface area contributed by atoms with E-state index in [-0.39, 0.29) is 23.9 Å². The fourth-order valence-electron chi connectivity index (χ4n) is 4.58. The second-order valence-corrected chi connectivity index (χ2v) is 7.35. The topological polar surface area (TPSA) is 57.6 Å². The molecule has 1 heterocycles. The van der Waals surface area contributed by atoms with Gasteiger partial charge in [0.2, 0.25) is 5.91 Å². The zero-order valence-electron chi connectivity index (χ0n) is 13.7. The summed E-state index contributed by atoms with van der Waals surface area (Å²) in [5.74, 6) is -0.0554. The Balaban J connectivity index is 2.26. The summed E-state index contributed by atoms with van der Waals surface area (Å²) in [5, 5.41) is 9.52. The van der Waals surface area contributed by atoms with E-state index in [0.717, 1.165) is 19.3 Å². The van der Waals surface area contributed by atoms with Crippen molar-refractivity contribution < 1.29 is 14.7 Å². The van der Waals surface area contributed by atoms with Crippen LogP contribution in [0.15, 0.2) is 0 Å². The van der Waals surface area contributed by atoms with Gasteiger partial charge in [0.1, 0.15) is 0 Å². The molecule has 4 heteroatoms. The van der Waals surface area contributed by atoms with Crippen LogP contribution in [0.3, 0.4) is 0 Å². The first-order valence-corrected chi connectivity index (χ1v) is 8.38. The van der Waals surface area contributed by atoms with Crippen molar-refractivity contribution in [2.75, 3.05) is 0 Å². The number of carboxylic acids is 1. The molecule has 1 aliphatic heterocycles. The van der Waals surface area contributed by atoms with E-state index in [1.54, 1.807) is 0 Å². The van der Waals surface area contributed by atoms with Crippen molar-refractivity contribution in [1.82, 2.24) is 4.90 Å². The summed E-state index contributed by atoms with van der Waals surface area (Å²) in [4.78, 5) is 26.1. The molecule has 5 atom stereocenters. The Morgan fingerprint density at radius 3 is 2.43 bits per heavy atom. The highest BCUT2D eigenvalue weighted by Gasteiger charge is 2.46. The Kier molecular flexibility index (Phi) is 4.95. The van der Waals surface area contributed by atoms with Crippen molar-refractivity contribution in [3.8, 4) is 0 Å². The lowest BCUT2D eigenvalue weighted by atomic mass is 9.73. The van der Waals surface area contributed by atoms with Gasteiger partial charge >= 0.3 is 5.97 Å². The summed E-state index contributed by atoms with van der Waals surface area (Å²) >= 11 is 0. The lowest BCUT2D eigenvalue weighted by Crippen LogP contribution is -2.59. The average molecular weight is 295 g/mol. The minimum Gasteiger partial charge on any atom is -0.481 e. The van der Waals surface area contributed by atoms with E-state index in [9.17, 15) is 14.7 Å². The Labute approximate surface area is 127 Å². The van der Waals surface area contributed by atoms with Crippen LogP contribution in [0.25, 0.3) is 0 Å². The summed E-state index contributed by atoms with van der Waals surface area (Å²) in [6, 6.07) is 0.0405. The first kappa shape index (κ1) is 16.3. The predicted molar refractivity (Wildman–Crippen MR) is 81.8 cm³/mol. The number of rotatable bonds is 3. The minimum atomic E-state index is -0.760. The highest BCUT2D eigenvalue weighted by molar-refractivity contribution is 5.82. The third kappa shape index (κ3) is 3.09. The summed E-state index contributed by atoms with van der Waals surface area (Å²) < 4.78 is 0. The summed E-state index contributed by atoms with van der Waals surface area (Å²) in [6.07, 6.45) is 4.95. The molecule has 21 heavy (non-hydrogen) atoms. The van der Waals surface area contributed by atoms with Gasteiger partial charge in [0.15, 0.2) is 0 Å². The first-order valence-electron chi connectivity index (χ1n) is 8.38. The molecule has 0 aromatic rings. The molecule has 0 bridgehead atoms. The van der Waals surface area contributed by atoms with Crippen molar-refractivity contribution in [2.45, 2.75) is 71.9 Å². The molecule has 1 saturated carbocycles. The van der Waals surface area contributed by atoms with Crippen LogP contribution in [0.1, 0.15) is 59.8 Å². The molecular formula is C17H29NO3. The van der Waals surface area contributed by atoms with Gasteiger partial charge in [-0.15, -0.1) is 0 Å². The normalized spacial score (nSPS) is 37.9. The summed E-state index contributed by atoms with van der Waals surface area (Å²) in [5.41, 5.74) is 0. The molecule has 0 radical (unpaired) electrons. The summed E-state index contributed by atoms with van der Waals surface area (Å²) in [6.45, 7) is 8.27. The number of nitrogens with zero attached hydrogens (tertiary/aromatic N) is 1. The molecule has 2 aliphatic rings. The molecule has 120 valence electrons. The number of amides is 1. The van der Waals surface area contributed by atoms with Gasteiger partial charge in [-0.3, -0.25) is 9.59 Å². The molecule has 1 N–H and O–H groups in total. The van der Waals surface area contributed by atoms with Crippen LogP contribution in [0.5, 0.6) is 0 Å². The Morgan fingerprint density at radius 1 is 1.24 bits per heavy atom. The van der Waals surface area contributed by atoms with Crippen LogP contribution in [0.2, 0.25) is 0 Å². The number of carbonyl (C=O) groups excluding carboxylic acids is 1. The Hall–Kier alpha value is -1.06. The Morgan fingerprint density at radius 2 is 1.86 bits per heavy atom. The largest absolute Gasteiger partial charge is 0.481 e. The lowest BCUT2D eigenvalue weighted by molar-refractivity contribution is -0.159. The summed E-state index contributed by atoms with van der Waals surface area (Å²) in [7, 11) is 0. The molecule has 1 amide bonds.